The molecule has 1 aliphatic heterocycles. The molecule has 0 aliphatic carbocycles. The number of halogens is 3. The molecule has 44 heavy (non-hydrogen) atoms. The van der Waals surface area contributed by atoms with Crippen molar-refractivity contribution in [2.45, 2.75) is 58.5 Å². The molecule has 4 aromatic rings. The van der Waals surface area contributed by atoms with Gasteiger partial charge in [-0.05, 0) is 76.0 Å². The van der Waals surface area contributed by atoms with Gasteiger partial charge in [0.05, 0.1) is 43.8 Å². The van der Waals surface area contributed by atoms with E-state index >= 15 is 0 Å². The Hall–Kier alpha value is -4.03. The lowest BCUT2D eigenvalue weighted by Crippen LogP contribution is -2.41. The molecule has 1 saturated heterocycles. The number of nitrogens with one attached hydrogen (secondary N) is 1. The minimum Gasteiger partial charge on any atom is -0.497 e. The molecule has 0 saturated carbocycles. The third-order valence-electron chi connectivity index (χ3n) is 8.40. The maximum Gasteiger partial charge on any atom is 0.495 e. The quantitative estimate of drug-likeness (QED) is 0.225. The maximum atomic E-state index is 14.3. The van der Waals surface area contributed by atoms with Crippen molar-refractivity contribution in [3.8, 4) is 28.4 Å². The molecular weight excluding hydrogens is 574 g/mol. The number of anilines is 1. The van der Waals surface area contributed by atoms with Crippen molar-refractivity contribution >= 4 is 29.2 Å². The van der Waals surface area contributed by atoms with E-state index in [4.69, 9.17) is 23.5 Å². The standard InChI is InChI=1S/C32H35BF3N3O5/c1-18-23-13-19(10-12-22(23)29(39-38-18)37-17-20-9-11-21(40-6)14-27(20)41-7)24-15-26(25(32(34,35)36)16-28(24)42-8)33-43-30(2,3)31(4,5)44-33/h9-16H,17H2,1-8H3,(H,37,39). The number of methoxy groups -OCH3 is 3. The SMILES string of the molecule is COc1ccc(CNc2nnc(C)c3cc(-c4cc(B5OC(C)(C)C(C)(C)O5)c(C(F)(F)F)cc4OC)ccc23)c(OC)c1. The number of aryl methyl sites for hydroxylation is 1. The Bertz CT molecular complexity index is 1700. The van der Waals surface area contributed by atoms with Crippen LogP contribution in [0.15, 0.2) is 48.5 Å². The molecule has 2 heterocycles. The fraction of sp³-hybridized carbons (Fsp3) is 0.375. The molecule has 8 nitrogen and oxygen atoms in total. The Kier molecular flexibility index (Phi) is 8.19. The van der Waals surface area contributed by atoms with E-state index in [0.717, 1.165) is 22.4 Å². The van der Waals surface area contributed by atoms with Gasteiger partial charge < -0.3 is 28.8 Å². The molecule has 1 fully saturated rings. The summed E-state index contributed by atoms with van der Waals surface area (Å²) < 4.78 is 71.3. The van der Waals surface area contributed by atoms with Crippen molar-refractivity contribution in [2.75, 3.05) is 26.6 Å². The average Bonchev–Trinajstić information content (AvgIpc) is 3.21. The molecule has 0 radical (unpaired) electrons. The second-order valence-corrected chi connectivity index (χ2v) is 11.7. The van der Waals surface area contributed by atoms with Crippen LogP contribution in [0.4, 0.5) is 19.0 Å². The van der Waals surface area contributed by atoms with Crippen molar-refractivity contribution in [3.63, 3.8) is 0 Å². The molecule has 1 aromatic heterocycles. The molecule has 232 valence electrons. The molecule has 1 N–H and O–H groups in total. The number of aromatic nitrogens is 2. The monoisotopic (exact) mass is 609 g/mol. The first-order chi connectivity index (χ1) is 20.7. The van der Waals surface area contributed by atoms with E-state index in [-0.39, 0.29) is 11.2 Å². The van der Waals surface area contributed by atoms with E-state index in [2.05, 4.69) is 15.5 Å². The number of benzene rings is 3. The molecule has 0 bridgehead atoms. The summed E-state index contributed by atoms with van der Waals surface area (Å²) in [5.41, 5.74) is 0.0152. The highest BCUT2D eigenvalue weighted by Crippen LogP contribution is 2.41. The van der Waals surface area contributed by atoms with E-state index in [0.29, 0.717) is 40.7 Å². The number of alkyl halides is 3. The van der Waals surface area contributed by atoms with Gasteiger partial charge in [-0.3, -0.25) is 0 Å². The highest BCUT2D eigenvalue weighted by molar-refractivity contribution is 6.63. The van der Waals surface area contributed by atoms with Crippen LogP contribution in [0.5, 0.6) is 17.2 Å². The summed E-state index contributed by atoms with van der Waals surface area (Å²) in [6, 6.07) is 13.6. The van der Waals surface area contributed by atoms with Crippen LogP contribution in [0.3, 0.4) is 0 Å². The Labute approximate surface area is 255 Å². The molecule has 3 aromatic carbocycles. The summed E-state index contributed by atoms with van der Waals surface area (Å²) in [5.74, 6) is 1.96. The van der Waals surface area contributed by atoms with E-state index in [9.17, 15) is 13.2 Å². The molecule has 0 amide bonds. The van der Waals surface area contributed by atoms with Gasteiger partial charge in [0.2, 0.25) is 0 Å². The smallest absolute Gasteiger partial charge is 0.495 e. The van der Waals surface area contributed by atoms with Gasteiger partial charge >= 0.3 is 13.3 Å². The van der Waals surface area contributed by atoms with Crippen LogP contribution in [0, 0.1) is 6.92 Å². The van der Waals surface area contributed by atoms with Gasteiger partial charge in [0.15, 0.2) is 5.82 Å². The van der Waals surface area contributed by atoms with Crippen molar-refractivity contribution in [1.82, 2.24) is 10.2 Å². The lowest BCUT2D eigenvalue weighted by atomic mass is 9.74. The van der Waals surface area contributed by atoms with Crippen molar-refractivity contribution in [1.29, 1.82) is 0 Å². The summed E-state index contributed by atoms with van der Waals surface area (Å²) in [7, 11) is 3.31. The first kappa shape index (κ1) is 31.4. The summed E-state index contributed by atoms with van der Waals surface area (Å²) in [5, 5.41) is 13.6. The zero-order chi connectivity index (χ0) is 32.0. The Balaban J connectivity index is 1.56. The van der Waals surface area contributed by atoms with Crippen LogP contribution in [0.25, 0.3) is 21.9 Å². The summed E-state index contributed by atoms with van der Waals surface area (Å²) in [6.07, 6.45) is -4.66. The van der Waals surface area contributed by atoms with Crippen molar-refractivity contribution < 1.29 is 36.7 Å². The number of hydrogen-bond acceptors (Lipinski definition) is 8. The van der Waals surface area contributed by atoms with Gasteiger partial charge in [0.1, 0.15) is 17.2 Å². The first-order valence-corrected chi connectivity index (χ1v) is 14.1. The highest BCUT2D eigenvalue weighted by Gasteiger charge is 2.54. The molecule has 5 rings (SSSR count). The predicted molar refractivity (Wildman–Crippen MR) is 164 cm³/mol. The minimum atomic E-state index is -4.66. The topological polar surface area (TPSA) is 84.0 Å². The molecule has 0 atom stereocenters. The number of fused-ring (bicyclic) bond motifs is 1. The van der Waals surface area contributed by atoms with E-state index < -0.39 is 30.1 Å². The molecule has 0 spiro atoms. The first-order valence-electron chi connectivity index (χ1n) is 14.1. The average molecular weight is 609 g/mol. The number of rotatable bonds is 8. The molecule has 0 unspecified atom stereocenters. The van der Waals surface area contributed by atoms with Crippen LogP contribution >= 0.6 is 0 Å². The predicted octanol–water partition coefficient (Wildman–Crippen LogP) is 6.56. The summed E-state index contributed by atoms with van der Waals surface area (Å²) in [6.45, 7) is 9.44. The Morgan fingerprint density at radius 3 is 2.11 bits per heavy atom. The van der Waals surface area contributed by atoms with E-state index in [1.54, 1.807) is 48.0 Å². The maximum absolute atomic E-state index is 14.3. The van der Waals surface area contributed by atoms with E-state index in [1.165, 1.54) is 13.2 Å². The van der Waals surface area contributed by atoms with Gasteiger partial charge in [-0.15, -0.1) is 5.10 Å². The molecular formula is C32H35BF3N3O5. The lowest BCUT2D eigenvalue weighted by Gasteiger charge is -2.32. The highest BCUT2D eigenvalue weighted by atomic mass is 19.4. The summed E-state index contributed by atoms with van der Waals surface area (Å²) >= 11 is 0. The van der Waals surface area contributed by atoms with Crippen LogP contribution in [0.1, 0.15) is 44.5 Å². The largest absolute Gasteiger partial charge is 0.497 e. The van der Waals surface area contributed by atoms with Crippen LogP contribution < -0.4 is 25.0 Å². The van der Waals surface area contributed by atoms with Crippen LogP contribution in [0.2, 0.25) is 0 Å². The van der Waals surface area contributed by atoms with Gasteiger partial charge in [-0.2, -0.15) is 18.3 Å². The van der Waals surface area contributed by atoms with Crippen molar-refractivity contribution in [2.24, 2.45) is 0 Å². The Morgan fingerprint density at radius 2 is 1.50 bits per heavy atom. The zero-order valence-corrected chi connectivity index (χ0v) is 26.0. The summed E-state index contributed by atoms with van der Waals surface area (Å²) in [4.78, 5) is 0. The van der Waals surface area contributed by atoms with Gasteiger partial charge in [0, 0.05) is 34.5 Å². The molecule has 1 aliphatic rings. The third-order valence-corrected chi connectivity index (χ3v) is 8.40. The number of hydrogen-bond donors (Lipinski definition) is 1. The van der Waals surface area contributed by atoms with E-state index in [1.807, 2.05) is 37.3 Å². The zero-order valence-electron chi connectivity index (χ0n) is 26.0. The minimum absolute atomic E-state index is 0.0709. The van der Waals surface area contributed by atoms with Crippen molar-refractivity contribution in [3.05, 3.63) is 65.4 Å². The van der Waals surface area contributed by atoms with Gasteiger partial charge in [-0.1, -0.05) is 12.1 Å². The van der Waals surface area contributed by atoms with Gasteiger partial charge in [0.25, 0.3) is 0 Å². The fourth-order valence-corrected chi connectivity index (χ4v) is 5.16. The van der Waals surface area contributed by atoms with Crippen LogP contribution in [-0.4, -0.2) is 49.8 Å². The second kappa shape index (κ2) is 11.5. The second-order valence-electron chi connectivity index (χ2n) is 11.7. The third kappa shape index (κ3) is 5.76. The fourth-order valence-electron chi connectivity index (χ4n) is 5.16. The van der Waals surface area contributed by atoms with Gasteiger partial charge in [-0.25, -0.2) is 0 Å². The molecule has 12 heteroatoms. The number of ether oxygens (including phenoxy) is 3. The number of nitrogens with zero attached hydrogens (tertiary/aromatic N) is 2. The normalized spacial score (nSPS) is 15.8. The Morgan fingerprint density at radius 1 is 0.818 bits per heavy atom. The lowest BCUT2D eigenvalue weighted by molar-refractivity contribution is -0.137. The van der Waals surface area contributed by atoms with Crippen LogP contribution in [-0.2, 0) is 22.0 Å².